The van der Waals surface area contributed by atoms with Gasteiger partial charge in [0.15, 0.2) is 0 Å². The van der Waals surface area contributed by atoms with Crippen molar-refractivity contribution >= 4 is 11.6 Å². The molecule has 122 valence electrons. The first-order valence-corrected chi connectivity index (χ1v) is 7.95. The fraction of sp³-hybridized carbons (Fsp3) is 0.316. The van der Waals surface area contributed by atoms with Crippen LogP contribution in [0.15, 0.2) is 48.5 Å². The summed E-state index contributed by atoms with van der Waals surface area (Å²) in [5.74, 6) is 0.837. The zero-order chi connectivity index (χ0) is 16.7. The molecule has 2 rings (SSSR count). The molecule has 2 aromatic rings. The largest absolute Gasteiger partial charge is 0.494 e. The third-order valence-electron chi connectivity index (χ3n) is 3.27. The molecule has 0 heterocycles. The number of anilines is 1. The number of benzene rings is 2. The van der Waals surface area contributed by atoms with Gasteiger partial charge in [0, 0.05) is 23.8 Å². The Bertz CT molecular complexity index is 636. The van der Waals surface area contributed by atoms with Crippen molar-refractivity contribution in [1.82, 2.24) is 5.32 Å². The minimum Gasteiger partial charge on any atom is -0.494 e. The van der Waals surface area contributed by atoms with E-state index < -0.39 is 0 Å². The number of nitrogens with one attached hydrogen (secondary N) is 2. The van der Waals surface area contributed by atoms with Gasteiger partial charge < -0.3 is 15.4 Å². The lowest BCUT2D eigenvalue weighted by Crippen LogP contribution is -2.29. The summed E-state index contributed by atoms with van der Waals surface area (Å²) in [6.07, 6.45) is 0. The molecule has 0 atom stereocenters. The maximum absolute atomic E-state index is 11.9. The second-order valence-corrected chi connectivity index (χ2v) is 5.64. The van der Waals surface area contributed by atoms with E-state index in [-0.39, 0.29) is 11.9 Å². The number of hydrogen-bond donors (Lipinski definition) is 2. The van der Waals surface area contributed by atoms with Crippen LogP contribution in [0.4, 0.5) is 5.69 Å². The highest BCUT2D eigenvalue weighted by Gasteiger charge is 2.06. The molecule has 0 aliphatic heterocycles. The van der Waals surface area contributed by atoms with Crippen LogP contribution in [0, 0.1) is 0 Å². The molecule has 0 bridgehead atoms. The third kappa shape index (κ3) is 5.33. The highest BCUT2D eigenvalue weighted by molar-refractivity contribution is 5.94. The minimum absolute atomic E-state index is 0.0454. The predicted molar refractivity (Wildman–Crippen MR) is 94.0 cm³/mol. The van der Waals surface area contributed by atoms with Gasteiger partial charge in [-0.25, -0.2) is 0 Å². The highest BCUT2D eigenvalue weighted by Crippen LogP contribution is 2.16. The van der Waals surface area contributed by atoms with E-state index in [0.717, 1.165) is 17.0 Å². The first kappa shape index (κ1) is 16.9. The van der Waals surface area contributed by atoms with E-state index in [9.17, 15) is 4.79 Å². The average Bonchev–Trinajstić information content (AvgIpc) is 2.53. The van der Waals surface area contributed by atoms with Crippen molar-refractivity contribution in [2.45, 2.75) is 33.4 Å². The quantitative estimate of drug-likeness (QED) is 0.817. The number of ether oxygens (including phenoxy) is 1. The van der Waals surface area contributed by atoms with E-state index >= 15 is 0 Å². The molecule has 0 aliphatic carbocycles. The van der Waals surface area contributed by atoms with Gasteiger partial charge in [0.05, 0.1) is 6.61 Å². The molecule has 0 aromatic heterocycles. The van der Waals surface area contributed by atoms with E-state index in [1.807, 2.05) is 63.2 Å². The van der Waals surface area contributed by atoms with Crippen molar-refractivity contribution in [2.75, 3.05) is 11.9 Å². The molecule has 4 nitrogen and oxygen atoms in total. The normalized spacial score (nSPS) is 10.4. The van der Waals surface area contributed by atoms with Crippen LogP contribution in [0.3, 0.4) is 0 Å². The second-order valence-electron chi connectivity index (χ2n) is 5.64. The molecule has 0 unspecified atom stereocenters. The Labute approximate surface area is 137 Å². The topological polar surface area (TPSA) is 50.4 Å². The Morgan fingerprint density at radius 1 is 1.13 bits per heavy atom. The Kier molecular flexibility index (Phi) is 6.03. The van der Waals surface area contributed by atoms with Gasteiger partial charge in [0.1, 0.15) is 5.75 Å². The molecule has 0 saturated carbocycles. The fourth-order valence-corrected chi connectivity index (χ4v) is 2.20. The van der Waals surface area contributed by atoms with Crippen LogP contribution in [-0.2, 0) is 6.54 Å². The predicted octanol–water partition coefficient (Wildman–Crippen LogP) is 3.84. The van der Waals surface area contributed by atoms with E-state index in [0.29, 0.717) is 18.7 Å². The van der Waals surface area contributed by atoms with Gasteiger partial charge in [0.2, 0.25) is 0 Å². The number of amides is 1. The summed E-state index contributed by atoms with van der Waals surface area (Å²) in [5, 5.41) is 6.23. The smallest absolute Gasteiger partial charge is 0.251 e. The average molecular weight is 312 g/mol. The summed E-state index contributed by atoms with van der Waals surface area (Å²) in [6.45, 7) is 7.24. The molecule has 4 heteroatoms. The van der Waals surface area contributed by atoms with E-state index in [1.165, 1.54) is 0 Å². The first-order valence-electron chi connectivity index (χ1n) is 7.95. The molecule has 0 aliphatic rings. The van der Waals surface area contributed by atoms with E-state index in [1.54, 1.807) is 0 Å². The molecule has 23 heavy (non-hydrogen) atoms. The van der Waals surface area contributed by atoms with Crippen LogP contribution < -0.4 is 15.4 Å². The number of carbonyl (C=O) groups excluding carboxylic acids is 1. The van der Waals surface area contributed by atoms with Gasteiger partial charge >= 0.3 is 0 Å². The Hall–Kier alpha value is -2.49. The first-order chi connectivity index (χ1) is 11.1. The molecule has 2 N–H and O–H groups in total. The fourth-order valence-electron chi connectivity index (χ4n) is 2.20. The highest BCUT2D eigenvalue weighted by atomic mass is 16.5. The lowest BCUT2D eigenvalue weighted by atomic mass is 10.1. The SMILES string of the molecule is CCOc1cccc(CNc2ccc(C(=O)NC(C)C)cc2)c1. The van der Waals surface area contributed by atoms with Gasteiger partial charge in [-0.1, -0.05) is 12.1 Å². The van der Waals surface area contributed by atoms with Crippen molar-refractivity contribution in [3.63, 3.8) is 0 Å². The summed E-state index contributed by atoms with van der Waals surface area (Å²) < 4.78 is 5.50. The van der Waals surface area contributed by atoms with Crippen LogP contribution in [0.1, 0.15) is 36.7 Å². The lowest BCUT2D eigenvalue weighted by molar-refractivity contribution is 0.0943. The number of hydrogen-bond acceptors (Lipinski definition) is 3. The van der Waals surface area contributed by atoms with E-state index in [2.05, 4.69) is 16.7 Å². The van der Waals surface area contributed by atoms with Crippen LogP contribution in [0.5, 0.6) is 5.75 Å². The van der Waals surface area contributed by atoms with Gasteiger partial charge in [-0.2, -0.15) is 0 Å². The zero-order valence-electron chi connectivity index (χ0n) is 13.9. The number of rotatable bonds is 7. The Morgan fingerprint density at radius 3 is 2.52 bits per heavy atom. The van der Waals surface area contributed by atoms with Gasteiger partial charge in [-0.3, -0.25) is 4.79 Å². The van der Waals surface area contributed by atoms with Crippen molar-refractivity contribution in [3.8, 4) is 5.75 Å². The number of carbonyl (C=O) groups is 1. The molecule has 2 aromatic carbocycles. The van der Waals surface area contributed by atoms with Crippen LogP contribution in [-0.4, -0.2) is 18.6 Å². The van der Waals surface area contributed by atoms with Gasteiger partial charge in [-0.15, -0.1) is 0 Å². The molecule has 0 saturated heterocycles. The monoisotopic (exact) mass is 312 g/mol. The third-order valence-corrected chi connectivity index (χ3v) is 3.27. The summed E-state index contributed by atoms with van der Waals surface area (Å²) in [7, 11) is 0. The Morgan fingerprint density at radius 2 is 1.87 bits per heavy atom. The molecule has 1 amide bonds. The molecule has 0 fully saturated rings. The Balaban J connectivity index is 1.93. The van der Waals surface area contributed by atoms with Crippen molar-refractivity contribution in [3.05, 3.63) is 59.7 Å². The molecular formula is C19H24N2O2. The maximum atomic E-state index is 11.9. The summed E-state index contributed by atoms with van der Waals surface area (Å²) >= 11 is 0. The van der Waals surface area contributed by atoms with Crippen LogP contribution >= 0.6 is 0 Å². The molecule has 0 radical (unpaired) electrons. The lowest BCUT2D eigenvalue weighted by Gasteiger charge is -2.10. The molecular weight excluding hydrogens is 288 g/mol. The van der Waals surface area contributed by atoms with Gasteiger partial charge in [0.25, 0.3) is 5.91 Å². The zero-order valence-corrected chi connectivity index (χ0v) is 13.9. The second kappa shape index (κ2) is 8.22. The van der Waals surface area contributed by atoms with E-state index in [4.69, 9.17) is 4.74 Å². The standard InChI is InChI=1S/C19H24N2O2/c1-4-23-18-7-5-6-15(12-18)13-20-17-10-8-16(9-11-17)19(22)21-14(2)3/h5-12,14,20H,4,13H2,1-3H3,(H,21,22). The van der Waals surface area contributed by atoms with Crippen molar-refractivity contribution in [1.29, 1.82) is 0 Å². The molecule has 0 spiro atoms. The van der Waals surface area contributed by atoms with Crippen molar-refractivity contribution < 1.29 is 9.53 Å². The minimum atomic E-state index is -0.0454. The summed E-state index contributed by atoms with van der Waals surface area (Å²) in [4.78, 5) is 11.9. The van der Waals surface area contributed by atoms with Gasteiger partial charge in [-0.05, 0) is 62.7 Å². The van der Waals surface area contributed by atoms with Crippen molar-refractivity contribution in [2.24, 2.45) is 0 Å². The van der Waals surface area contributed by atoms with Crippen LogP contribution in [0.2, 0.25) is 0 Å². The summed E-state index contributed by atoms with van der Waals surface area (Å²) in [6, 6.07) is 15.7. The maximum Gasteiger partial charge on any atom is 0.251 e. The van der Waals surface area contributed by atoms with Crippen LogP contribution in [0.25, 0.3) is 0 Å². The summed E-state index contributed by atoms with van der Waals surface area (Å²) in [5.41, 5.74) is 2.80.